The summed E-state index contributed by atoms with van der Waals surface area (Å²) in [6.45, 7) is -0.0357. The number of aryl methyl sites for hydroxylation is 1. The summed E-state index contributed by atoms with van der Waals surface area (Å²) < 4.78 is 1.66. The van der Waals surface area contributed by atoms with Crippen molar-refractivity contribution in [3.05, 3.63) is 35.3 Å². The maximum atomic E-state index is 12.4. The molecule has 4 rings (SSSR count). The molecule has 0 bridgehead atoms. The van der Waals surface area contributed by atoms with E-state index in [1.165, 1.54) is 0 Å². The number of carbonyl (C=O) groups excluding carboxylic acids is 1. The summed E-state index contributed by atoms with van der Waals surface area (Å²) >= 11 is 0. The van der Waals surface area contributed by atoms with Gasteiger partial charge in [-0.2, -0.15) is 5.10 Å². The lowest BCUT2D eigenvalue weighted by molar-refractivity contribution is 0.0459. The topological polar surface area (TPSA) is 100 Å². The number of nitrogens with zero attached hydrogens (tertiary/aromatic N) is 3. The number of hydrogen-bond acceptors (Lipinski definition) is 5. The van der Waals surface area contributed by atoms with Crippen molar-refractivity contribution in [3.63, 3.8) is 0 Å². The third-order valence-electron chi connectivity index (χ3n) is 4.41. The zero-order valence-electron chi connectivity index (χ0n) is 11.9. The lowest BCUT2D eigenvalue weighted by atomic mass is 9.90. The monoisotopic (exact) mass is 300 g/mol. The molecule has 0 aromatic carbocycles. The fourth-order valence-corrected chi connectivity index (χ4v) is 3.27. The number of pyridine rings is 1. The minimum Gasteiger partial charge on any atom is -0.394 e. The van der Waals surface area contributed by atoms with Gasteiger partial charge >= 0.3 is 0 Å². The number of carbonyl (C=O) groups is 1. The quantitative estimate of drug-likeness (QED) is 0.695. The first-order valence-electron chi connectivity index (χ1n) is 7.31. The van der Waals surface area contributed by atoms with E-state index < -0.39 is 18.8 Å². The molecule has 1 amide bonds. The first-order chi connectivity index (χ1) is 10.7. The normalized spacial score (nSPS) is 20.6. The minimum atomic E-state index is -0.991. The van der Waals surface area contributed by atoms with Crippen molar-refractivity contribution in [2.45, 2.75) is 31.5 Å². The van der Waals surface area contributed by atoms with Crippen molar-refractivity contribution < 1.29 is 15.0 Å². The summed E-state index contributed by atoms with van der Waals surface area (Å²) in [5.41, 5.74) is 4.50. The van der Waals surface area contributed by atoms with Crippen LogP contribution in [0.1, 0.15) is 21.6 Å². The number of aliphatic hydroxyl groups excluding tert-OH is 2. The highest BCUT2D eigenvalue weighted by Gasteiger charge is 2.35. The summed E-state index contributed by atoms with van der Waals surface area (Å²) in [7, 11) is 0. The molecule has 1 aliphatic carbocycles. The van der Waals surface area contributed by atoms with Crippen LogP contribution in [0.15, 0.2) is 18.5 Å². The van der Waals surface area contributed by atoms with Gasteiger partial charge in [-0.25, -0.2) is 0 Å². The van der Waals surface area contributed by atoms with Crippen LogP contribution in [0.5, 0.6) is 0 Å². The fraction of sp³-hybridized carbons (Fsp3) is 0.400. The molecule has 7 nitrogen and oxygen atoms in total. The molecular formula is C15H16N4O3. The summed E-state index contributed by atoms with van der Waals surface area (Å²) in [5, 5.41) is 26.2. The van der Waals surface area contributed by atoms with E-state index in [1.807, 2.05) is 12.3 Å². The van der Waals surface area contributed by atoms with Gasteiger partial charge in [-0.05, 0) is 24.5 Å². The fourth-order valence-electron chi connectivity index (χ4n) is 3.27. The van der Waals surface area contributed by atoms with E-state index in [0.29, 0.717) is 12.2 Å². The molecular weight excluding hydrogens is 284 g/mol. The number of aliphatic hydroxyl groups is 2. The number of rotatable bonds is 2. The Bertz CT molecular complexity index is 755. The summed E-state index contributed by atoms with van der Waals surface area (Å²) in [5.74, 6) is -0.241. The predicted molar refractivity (Wildman–Crippen MR) is 77.2 cm³/mol. The molecule has 114 valence electrons. The van der Waals surface area contributed by atoms with Crippen molar-refractivity contribution in [2.75, 3.05) is 6.61 Å². The van der Waals surface area contributed by atoms with Gasteiger partial charge in [0.25, 0.3) is 5.91 Å². The maximum Gasteiger partial charge on any atom is 0.270 e. The predicted octanol–water partition coefficient (Wildman–Crippen LogP) is -0.491. The Morgan fingerprint density at radius 2 is 2.32 bits per heavy atom. The third-order valence-corrected chi connectivity index (χ3v) is 4.41. The van der Waals surface area contributed by atoms with E-state index in [-0.39, 0.29) is 5.91 Å². The van der Waals surface area contributed by atoms with Crippen molar-refractivity contribution in [1.29, 1.82) is 0 Å². The molecule has 2 aliphatic rings. The van der Waals surface area contributed by atoms with Crippen molar-refractivity contribution in [3.8, 4) is 11.3 Å². The lowest BCUT2D eigenvalue weighted by Gasteiger charge is -2.28. The zero-order chi connectivity index (χ0) is 15.3. The number of aromatic nitrogens is 3. The van der Waals surface area contributed by atoms with Crippen molar-refractivity contribution in [1.82, 2.24) is 20.1 Å². The molecule has 1 aliphatic heterocycles. The number of fused-ring (bicyclic) bond motifs is 5. The highest BCUT2D eigenvalue weighted by molar-refractivity contribution is 5.97. The molecule has 0 radical (unpaired) electrons. The molecule has 7 heteroatoms. The highest BCUT2D eigenvalue weighted by Crippen LogP contribution is 2.34. The molecule has 2 unspecified atom stereocenters. The van der Waals surface area contributed by atoms with Gasteiger partial charge in [0, 0.05) is 23.5 Å². The summed E-state index contributed by atoms with van der Waals surface area (Å²) in [6.07, 6.45) is 4.17. The Labute approximate surface area is 126 Å². The Morgan fingerprint density at radius 3 is 3.14 bits per heavy atom. The molecule has 22 heavy (non-hydrogen) atoms. The molecule has 3 N–H and O–H groups in total. The van der Waals surface area contributed by atoms with Gasteiger partial charge in [-0.15, -0.1) is 0 Å². The van der Waals surface area contributed by atoms with E-state index in [0.717, 1.165) is 35.2 Å². The highest BCUT2D eigenvalue weighted by atomic mass is 16.3. The SMILES string of the molecule is O=C1NC(C(O)CO)Cn2nc3c(c21)CCc1cnccc1-3. The molecule has 0 spiro atoms. The molecule has 2 aromatic heterocycles. The van der Waals surface area contributed by atoms with Gasteiger partial charge in [0.05, 0.1) is 31.0 Å². The van der Waals surface area contributed by atoms with E-state index >= 15 is 0 Å². The number of amides is 1. The molecule has 2 atom stereocenters. The Balaban J connectivity index is 1.81. The van der Waals surface area contributed by atoms with Crippen LogP contribution in [0.4, 0.5) is 0 Å². The van der Waals surface area contributed by atoms with Crippen LogP contribution < -0.4 is 5.32 Å². The van der Waals surface area contributed by atoms with Crippen LogP contribution >= 0.6 is 0 Å². The summed E-state index contributed by atoms with van der Waals surface area (Å²) in [4.78, 5) is 16.5. The van der Waals surface area contributed by atoms with Crippen LogP contribution in [-0.2, 0) is 19.4 Å². The van der Waals surface area contributed by atoms with Crippen LogP contribution in [0.3, 0.4) is 0 Å². The van der Waals surface area contributed by atoms with E-state index in [9.17, 15) is 9.90 Å². The van der Waals surface area contributed by atoms with Crippen molar-refractivity contribution >= 4 is 5.91 Å². The standard InChI is InChI=1S/C15H16N4O3/c20-7-12(21)11-6-19-14(15(22)17-11)10-2-1-8-5-16-4-3-9(8)13(10)18-19/h3-5,11-12,20-21H,1-2,6-7H2,(H,17,22). The van der Waals surface area contributed by atoms with E-state index in [4.69, 9.17) is 5.11 Å². The van der Waals surface area contributed by atoms with Crippen LogP contribution in [0.2, 0.25) is 0 Å². The molecule has 3 heterocycles. The smallest absolute Gasteiger partial charge is 0.270 e. The number of nitrogens with one attached hydrogen (secondary N) is 1. The zero-order valence-corrected chi connectivity index (χ0v) is 11.9. The van der Waals surface area contributed by atoms with Crippen molar-refractivity contribution in [2.24, 2.45) is 0 Å². The van der Waals surface area contributed by atoms with Gasteiger partial charge in [0.15, 0.2) is 0 Å². The first-order valence-corrected chi connectivity index (χ1v) is 7.31. The van der Waals surface area contributed by atoms with Gasteiger partial charge in [0.1, 0.15) is 5.69 Å². The molecule has 2 aromatic rings. The lowest BCUT2D eigenvalue weighted by Crippen LogP contribution is -2.52. The van der Waals surface area contributed by atoms with Gasteiger partial charge in [-0.1, -0.05) is 0 Å². The Kier molecular flexibility index (Phi) is 2.98. The molecule has 0 saturated heterocycles. The second-order valence-corrected chi connectivity index (χ2v) is 5.72. The third kappa shape index (κ3) is 1.86. The second-order valence-electron chi connectivity index (χ2n) is 5.72. The van der Waals surface area contributed by atoms with Crippen LogP contribution in [0.25, 0.3) is 11.3 Å². The van der Waals surface area contributed by atoms with Gasteiger partial charge in [0.2, 0.25) is 0 Å². The average molecular weight is 300 g/mol. The van der Waals surface area contributed by atoms with E-state index in [2.05, 4.69) is 15.4 Å². The Hall–Kier alpha value is -2.25. The number of hydrogen-bond donors (Lipinski definition) is 3. The van der Waals surface area contributed by atoms with Crippen LogP contribution in [0, 0.1) is 0 Å². The van der Waals surface area contributed by atoms with Gasteiger partial charge < -0.3 is 15.5 Å². The van der Waals surface area contributed by atoms with E-state index in [1.54, 1.807) is 10.9 Å². The maximum absolute atomic E-state index is 12.4. The largest absolute Gasteiger partial charge is 0.394 e. The Morgan fingerprint density at radius 1 is 1.45 bits per heavy atom. The summed E-state index contributed by atoms with van der Waals surface area (Å²) in [6, 6.07) is 1.40. The second kappa shape index (κ2) is 4.89. The average Bonchev–Trinajstić information content (AvgIpc) is 2.93. The molecule has 0 saturated carbocycles. The molecule has 0 fully saturated rings. The van der Waals surface area contributed by atoms with Crippen LogP contribution in [-0.4, -0.2) is 49.6 Å². The first kappa shape index (κ1) is 13.4. The minimum absolute atomic E-state index is 0.241. The van der Waals surface area contributed by atoms with Gasteiger partial charge in [-0.3, -0.25) is 14.5 Å².